The molecule has 0 radical (unpaired) electrons. The number of carbonyl (C=O) groups is 2. The van der Waals surface area contributed by atoms with E-state index in [0.717, 1.165) is 16.9 Å². The molecule has 0 aliphatic carbocycles. The molecule has 1 N–H and O–H groups in total. The molecule has 0 bridgehead atoms. The molecule has 0 unspecified atom stereocenters. The third-order valence-electron chi connectivity index (χ3n) is 4.97. The van der Waals surface area contributed by atoms with Crippen LogP contribution in [0, 0.1) is 12.8 Å². The predicted molar refractivity (Wildman–Crippen MR) is 102 cm³/mol. The number of rotatable bonds is 5. The largest absolute Gasteiger partial charge is 0.486 e. The van der Waals surface area contributed by atoms with Gasteiger partial charge < -0.3 is 19.1 Å². The first-order valence-corrected chi connectivity index (χ1v) is 9.19. The standard InChI is InChI=1S/C21H21N3O4/c1-14-6-7-19-22-16(12-24(19)10-14)13-28-18-5-3-2-4-17(18)20(25)23-9-8-15(11-23)21(26)27/h2-7,10,12,15H,8-9,11,13H2,1H3,(H,26,27)/t15-/m1/s1. The minimum atomic E-state index is -0.859. The number of carboxylic acids is 1. The monoisotopic (exact) mass is 379 g/mol. The van der Waals surface area contributed by atoms with E-state index in [1.807, 2.05) is 41.9 Å². The van der Waals surface area contributed by atoms with E-state index in [1.54, 1.807) is 23.1 Å². The minimum absolute atomic E-state index is 0.204. The molecule has 1 fully saturated rings. The maximum absolute atomic E-state index is 12.9. The molecule has 1 aliphatic rings. The molecule has 3 heterocycles. The summed E-state index contributed by atoms with van der Waals surface area (Å²) in [4.78, 5) is 30.1. The van der Waals surface area contributed by atoms with Gasteiger partial charge in [0, 0.05) is 25.5 Å². The van der Waals surface area contributed by atoms with Crippen LogP contribution in [0.3, 0.4) is 0 Å². The Morgan fingerprint density at radius 1 is 1.21 bits per heavy atom. The fourth-order valence-corrected chi connectivity index (χ4v) is 3.46. The van der Waals surface area contributed by atoms with Crippen molar-refractivity contribution in [2.24, 2.45) is 5.92 Å². The number of hydrogen-bond acceptors (Lipinski definition) is 4. The number of amides is 1. The lowest BCUT2D eigenvalue weighted by Gasteiger charge is -2.18. The molecule has 7 nitrogen and oxygen atoms in total. The first-order valence-electron chi connectivity index (χ1n) is 9.19. The molecular formula is C21H21N3O4. The highest BCUT2D eigenvalue weighted by molar-refractivity contribution is 5.97. The second kappa shape index (κ2) is 7.34. The fourth-order valence-electron chi connectivity index (χ4n) is 3.46. The van der Waals surface area contributed by atoms with E-state index in [1.165, 1.54) is 0 Å². The zero-order valence-corrected chi connectivity index (χ0v) is 15.5. The van der Waals surface area contributed by atoms with E-state index in [-0.39, 0.29) is 19.1 Å². The molecule has 4 rings (SSSR count). The van der Waals surface area contributed by atoms with Gasteiger partial charge in [-0.3, -0.25) is 9.59 Å². The molecule has 3 aromatic rings. The number of imidazole rings is 1. The Balaban J connectivity index is 1.49. The Kier molecular flexibility index (Phi) is 4.73. The maximum atomic E-state index is 12.9. The summed E-state index contributed by atoms with van der Waals surface area (Å²) in [5, 5.41) is 9.15. The number of para-hydroxylation sites is 1. The van der Waals surface area contributed by atoms with Crippen LogP contribution in [-0.4, -0.2) is 44.4 Å². The topological polar surface area (TPSA) is 84.1 Å². The van der Waals surface area contributed by atoms with Gasteiger partial charge >= 0.3 is 5.97 Å². The summed E-state index contributed by atoms with van der Waals surface area (Å²) >= 11 is 0. The molecule has 1 saturated heterocycles. The van der Waals surface area contributed by atoms with Crippen molar-refractivity contribution in [2.75, 3.05) is 13.1 Å². The van der Waals surface area contributed by atoms with Crippen LogP contribution in [0.1, 0.15) is 28.0 Å². The number of aliphatic carboxylic acids is 1. The van der Waals surface area contributed by atoms with E-state index >= 15 is 0 Å². The summed E-state index contributed by atoms with van der Waals surface area (Å²) in [6.45, 7) is 2.93. The molecule has 0 saturated carbocycles. The second-order valence-electron chi connectivity index (χ2n) is 7.06. The van der Waals surface area contributed by atoms with Crippen LogP contribution in [0.15, 0.2) is 48.8 Å². The van der Waals surface area contributed by atoms with Gasteiger partial charge in [-0.15, -0.1) is 0 Å². The third kappa shape index (κ3) is 3.55. The first kappa shape index (κ1) is 18.0. The zero-order valence-electron chi connectivity index (χ0n) is 15.5. The SMILES string of the molecule is Cc1ccc2nc(COc3ccccc3C(=O)N3CC[C@@H](C(=O)O)C3)cn2c1. The number of carboxylic acid groups (broad SMARTS) is 1. The number of fused-ring (bicyclic) bond motifs is 1. The third-order valence-corrected chi connectivity index (χ3v) is 4.97. The Labute approximate surface area is 162 Å². The number of aromatic nitrogens is 2. The summed E-state index contributed by atoms with van der Waals surface area (Å²) in [5.41, 5.74) is 3.18. The summed E-state index contributed by atoms with van der Waals surface area (Å²) in [5.74, 6) is -1.09. The molecule has 1 atom stereocenters. The van der Waals surface area contributed by atoms with Gasteiger partial charge in [0.2, 0.25) is 0 Å². The Hall–Kier alpha value is -3.35. The summed E-state index contributed by atoms with van der Waals surface area (Å²) < 4.78 is 7.84. The smallest absolute Gasteiger partial charge is 0.308 e. The number of likely N-dealkylation sites (tertiary alicyclic amines) is 1. The molecule has 28 heavy (non-hydrogen) atoms. The van der Waals surface area contributed by atoms with Crippen molar-refractivity contribution >= 4 is 17.5 Å². The molecule has 1 aliphatic heterocycles. The number of ether oxygens (including phenoxy) is 1. The van der Waals surface area contributed by atoms with Crippen molar-refractivity contribution in [1.82, 2.24) is 14.3 Å². The van der Waals surface area contributed by atoms with Gasteiger partial charge in [0.1, 0.15) is 18.0 Å². The lowest BCUT2D eigenvalue weighted by Crippen LogP contribution is -2.30. The van der Waals surface area contributed by atoms with Gasteiger partial charge in [-0.2, -0.15) is 0 Å². The highest BCUT2D eigenvalue weighted by atomic mass is 16.5. The summed E-state index contributed by atoms with van der Waals surface area (Å²) in [6.07, 6.45) is 4.38. The number of nitrogens with zero attached hydrogens (tertiary/aromatic N) is 3. The van der Waals surface area contributed by atoms with Crippen molar-refractivity contribution in [2.45, 2.75) is 20.0 Å². The van der Waals surface area contributed by atoms with Crippen LogP contribution in [0.2, 0.25) is 0 Å². The van der Waals surface area contributed by atoms with E-state index in [2.05, 4.69) is 4.98 Å². The van der Waals surface area contributed by atoms with Crippen molar-refractivity contribution in [3.63, 3.8) is 0 Å². The average molecular weight is 379 g/mol. The Morgan fingerprint density at radius 3 is 2.82 bits per heavy atom. The first-order chi connectivity index (χ1) is 13.5. The maximum Gasteiger partial charge on any atom is 0.308 e. The van der Waals surface area contributed by atoms with Gasteiger partial charge in [-0.05, 0) is 37.1 Å². The van der Waals surface area contributed by atoms with Gasteiger partial charge in [0.25, 0.3) is 5.91 Å². The number of carbonyl (C=O) groups excluding carboxylic acids is 1. The van der Waals surface area contributed by atoms with E-state index in [0.29, 0.717) is 24.3 Å². The molecule has 7 heteroatoms. The van der Waals surface area contributed by atoms with Gasteiger partial charge in [-0.1, -0.05) is 18.2 Å². The highest BCUT2D eigenvalue weighted by Gasteiger charge is 2.32. The van der Waals surface area contributed by atoms with Crippen LogP contribution in [0.25, 0.3) is 5.65 Å². The van der Waals surface area contributed by atoms with Crippen LogP contribution in [0.4, 0.5) is 0 Å². The number of aryl methyl sites for hydroxylation is 1. The normalized spacial score (nSPS) is 16.5. The lowest BCUT2D eigenvalue weighted by molar-refractivity contribution is -0.141. The molecular weight excluding hydrogens is 358 g/mol. The Morgan fingerprint density at radius 2 is 2.04 bits per heavy atom. The van der Waals surface area contributed by atoms with Crippen LogP contribution in [0.5, 0.6) is 5.75 Å². The second-order valence-corrected chi connectivity index (χ2v) is 7.06. The van der Waals surface area contributed by atoms with Crippen LogP contribution < -0.4 is 4.74 Å². The molecule has 2 aromatic heterocycles. The molecule has 1 amide bonds. The summed E-state index contributed by atoms with van der Waals surface area (Å²) in [7, 11) is 0. The van der Waals surface area contributed by atoms with E-state index in [4.69, 9.17) is 9.84 Å². The van der Waals surface area contributed by atoms with Crippen molar-refractivity contribution in [3.05, 3.63) is 65.6 Å². The number of hydrogen-bond donors (Lipinski definition) is 1. The van der Waals surface area contributed by atoms with E-state index in [9.17, 15) is 9.59 Å². The molecule has 144 valence electrons. The average Bonchev–Trinajstić information content (AvgIpc) is 3.33. The minimum Gasteiger partial charge on any atom is -0.486 e. The van der Waals surface area contributed by atoms with Crippen LogP contribution >= 0.6 is 0 Å². The zero-order chi connectivity index (χ0) is 19.7. The molecule has 1 aromatic carbocycles. The van der Waals surface area contributed by atoms with Gasteiger partial charge in [0.15, 0.2) is 0 Å². The number of pyridine rings is 1. The lowest BCUT2D eigenvalue weighted by atomic mass is 10.1. The number of benzene rings is 1. The fraction of sp³-hybridized carbons (Fsp3) is 0.286. The van der Waals surface area contributed by atoms with Crippen molar-refractivity contribution in [1.29, 1.82) is 0 Å². The van der Waals surface area contributed by atoms with Crippen molar-refractivity contribution < 1.29 is 19.4 Å². The van der Waals surface area contributed by atoms with Crippen molar-refractivity contribution in [3.8, 4) is 5.75 Å². The van der Waals surface area contributed by atoms with Gasteiger partial charge in [-0.25, -0.2) is 4.98 Å². The Bertz CT molecular complexity index is 1040. The van der Waals surface area contributed by atoms with Crippen LogP contribution in [-0.2, 0) is 11.4 Å². The summed E-state index contributed by atoms with van der Waals surface area (Å²) in [6, 6.07) is 11.0. The quantitative estimate of drug-likeness (QED) is 0.737. The van der Waals surface area contributed by atoms with E-state index < -0.39 is 11.9 Å². The predicted octanol–water partition coefficient (Wildman–Crippen LogP) is 2.77. The van der Waals surface area contributed by atoms with Gasteiger partial charge in [0.05, 0.1) is 17.2 Å². The highest BCUT2D eigenvalue weighted by Crippen LogP contribution is 2.25. The molecule has 0 spiro atoms.